The molecule has 0 saturated heterocycles. The SMILES string of the molecule is CCCCOCCNC(=O)NC1(C(=O)O)CCCCCC1. The first-order valence-corrected chi connectivity index (χ1v) is 7.98. The number of hydrogen-bond donors (Lipinski definition) is 3. The Kier molecular flexibility index (Phi) is 8.12. The number of nitrogens with one attached hydrogen (secondary N) is 2. The van der Waals surface area contributed by atoms with Gasteiger partial charge in [-0.3, -0.25) is 0 Å². The minimum Gasteiger partial charge on any atom is -0.480 e. The van der Waals surface area contributed by atoms with Crippen LogP contribution >= 0.6 is 0 Å². The Hall–Kier alpha value is -1.30. The van der Waals surface area contributed by atoms with Crippen LogP contribution in [0.3, 0.4) is 0 Å². The number of aliphatic carboxylic acids is 1. The second kappa shape index (κ2) is 9.60. The van der Waals surface area contributed by atoms with Crippen molar-refractivity contribution in [2.45, 2.75) is 63.8 Å². The molecule has 2 amide bonds. The zero-order chi connectivity index (χ0) is 15.6. The number of carbonyl (C=O) groups is 2. The van der Waals surface area contributed by atoms with Crippen LogP contribution < -0.4 is 10.6 Å². The maximum absolute atomic E-state index is 11.9. The summed E-state index contributed by atoms with van der Waals surface area (Å²) >= 11 is 0. The van der Waals surface area contributed by atoms with E-state index < -0.39 is 17.5 Å². The summed E-state index contributed by atoms with van der Waals surface area (Å²) in [5.74, 6) is -0.932. The lowest BCUT2D eigenvalue weighted by atomic mass is 9.90. The number of carboxylic acid groups (broad SMARTS) is 1. The van der Waals surface area contributed by atoms with Gasteiger partial charge in [0.05, 0.1) is 6.61 Å². The second-order valence-electron chi connectivity index (χ2n) is 5.65. The fraction of sp³-hybridized carbons (Fsp3) is 0.867. The lowest BCUT2D eigenvalue weighted by molar-refractivity contribution is -0.145. The lowest BCUT2D eigenvalue weighted by Gasteiger charge is -2.29. The predicted molar refractivity (Wildman–Crippen MR) is 80.3 cm³/mol. The van der Waals surface area contributed by atoms with Crippen molar-refractivity contribution in [1.29, 1.82) is 0 Å². The number of rotatable bonds is 8. The van der Waals surface area contributed by atoms with Gasteiger partial charge in [-0.15, -0.1) is 0 Å². The van der Waals surface area contributed by atoms with Crippen LogP contribution in [0.5, 0.6) is 0 Å². The summed E-state index contributed by atoms with van der Waals surface area (Å²) in [6.07, 6.45) is 6.83. The van der Waals surface area contributed by atoms with Crippen LogP contribution in [0.25, 0.3) is 0 Å². The molecule has 0 aromatic rings. The summed E-state index contributed by atoms with van der Waals surface area (Å²) in [5.41, 5.74) is -1.11. The highest BCUT2D eigenvalue weighted by Gasteiger charge is 2.39. The highest BCUT2D eigenvalue weighted by atomic mass is 16.5. The van der Waals surface area contributed by atoms with Crippen molar-refractivity contribution in [1.82, 2.24) is 10.6 Å². The Morgan fingerprint density at radius 3 is 2.38 bits per heavy atom. The second-order valence-corrected chi connectivity index (χ2v) is 5.65. The van der Waals surface area contributed by atoms with Crippen LogP contribution in [-0.2, 0) is 9.53 Å². The molecule has 1 rings (SSSR count). The molecule has 6 heteroatoms. The monoisotopic (exact) mass is 300 g/mol. The van der Waals surface area contributed by atoms with Gasteiger partial charge in [-0.05, 0) is 19.3 Å². The molecule has 1 aliphatic rings. The molecule has 21 heavy (non-hydrogen) atoms. The van der Waals surface area contributed by atoms with Crippen molar-refractivity contribution in [2.75, 3.05) is 19.8 Å². The quantitative estimate of drug-likeness (QED) is 0.474. The van der Waals surface area contributed by atoms with E-state index in [1.807, 2.05) is 0 Å². The van der Waals surface area contributed by atoms with Crippen molar-refractivity contribution in [3.63, 3.8) is 0 Å². The molecule has 0 spiro atoms. The molecule has 0 aromatic carbocycles. The van der Waals surface area contributed by atoms with Gasteiger partial charge in [0.2, 0.25) is 0 Å². The van der Waals surface area contributed by atoms with Gasteiger partial charge in [0.1, 0.15) is 5.54 Å². The Morgan fingerprint density at radius 2 is 1.81 bits per heavy atom. The van der Waals surface area contributed by atoms with Gasteiger partial charge in [-0.1, -0.05) is 39.0 Å². The van der Waals surface area contributed by atoms with Crippen LogP contribution in [0.1, 0.15) is 58.3 Å². The molecule has 0 radical (unpaired) electrons. The third kappa shape index (κ3) is 6.33. The van der Waals surface area contributed by atoms with Crippen LogP contribution in [0, 0.1) is 0 Å². The average molecular weight is 300 g/mol. The van der Waals surface area contributed by atoms with Gasteiger partial charge < -0.3 is 20.5 Å². The first-order valence-electron chi connectivity index (χ1n) is 7.98. The maximum Gasteiger partial charge on any atom is 0.329 e. The third-order valence-electron chi connectivity index (χ3n) is 3.89. The van der Waals surface area contributed by atoms with Crippen molar-refractivity contribution in [3.05, 3.63) is 0 Å². The molecule has 6 nitrogen and oxygen atoms in total. The van der Waals surface area contributed by atoms with Crippen molar-refractivity contribution in [2.24, 2.45) is 0 Å². The molecule has 1 fully saturated rings. The molecule has 0 heterocycles. The fourth-order valence-corrected chi connectivity index (χ4v) is 2.57. The average Bonchev–Trinajstić information content (AvgIpc) is 2.69. The summed E-state index contributed by atoms with van der Waals surface area (Å²) < 4.78 is 5.35. The molecule has 0 aliphatic heterocycles. The van der Waals surface area contributed by atoms with Gasteiger partial charge >= 0.3 is 12.0 Å². The minimum absolute atomic E-state index is 0.394. The first kappa shape index (κ1) is 17.8. The van der Waals surface area contributed by atoms with Crippen molar-refractivity contribution in [3.8, 4) is 0 Å². The summed E-state index contributed by atoms with van der Waals surface area (Å²) in [5, 5.41) is 14.8. The molecule has 0 bridgehead atoms. The fourth-order valence-electron chi connectivity index (χ4n) is 2.57. The third-order valence-corrected chi connectivity index (χ3v) is 3.89. The number of hydrogen-bond acceptors (Lipinski definition) is 3. The molecule has 0 unspecified atom stereocenters. The van der Waals surface area contributed by atoms with E-state index >= 15 is 0 Å². The Morgan fingerprint density at radius 1 is 1.14 bits per heavy atom. The van der Waals surface area contributed by atoms with E-state index in [9.17, 15) is 14.7 Å². The minimum atomic E-state index is -1.11. The van der Waals surface area contributed by atoms with Gasteiger partial charge in [-0.25, -0.2) is 9.59 Å². The van der Waals surface area contributed by atoms with E-state index in [1.165, 1.54) is 0 Å². The molecule has 1 aliphatic carbocycles. The summed E-state index contributed by atoms with van der Waals surface area (Å²) in [4.78, 5) is 23.4. The summed E-state index contributed by atoms with van der Waals surface area (Å²) in [6.45, 7) is 3.63. The standard InChI is InChI=1S/C15H28N2O4/c1-2-3-11-21-12-10-16-14(20)17-15(13(18)19)8-6-4-5-7-9-15/h2-12H2,1H3,(H,18,19)(H2,16,17,20). The van der Waals surface area contributed by atoms with E-state index in [-0.39, 0.29) is 0 Å². The van der Waals surface area contributed by atoms with Crippen molar-refractivity contribution >= 4 is 12.0 Å². The van der Waals surface area contributed by atoms with Crippen LogP contribution in [0.15, 0.2) is 0 Å². The smallest absolute Gasteiger partial charge is 0.329 e. The number of carboxylic acids is 1. The highest BCUT2D eigenvalue weighted by molar-refractivity contribution is 5.86. The number of unbranched alkanes of at least 4 members (excludes halogenated alkanes) is 1. The normalized spacial score (nSPS) is 17.8. The Labute approximate surface area is 126 Å². The van der Waals surface area contributed by atoms with Gasteiger partial charge in [0.25, 0.3) is 0 Å². The summed E-state index contributed by atoms with van der Waals surface area (Å²) in [6, 6.07) is -0.418. The number of ether oxygens (including phenoxy) is 1. The van der Waals surface area contributed by atoms with Gasteiger partial charge in [-0.2, -0.15) is 0 Å². The van der Waals surface area contributed by atoms with Gasteiger partial charge in [0.15, 0.2) is 0 Å². The maximum atomic E-state index is 11.9. The van der Waals surface area contributed by atoms with Crippen LogP contribution in [-0.4, -0.2) is 42.4 Å². The summed E-state index contributed by atoms with van der Waals surface area (Å²) in [7, 11) is 0. The Balaban J connectivity index is 2.33. The van der Waals surface area contributed by atoms with Crippen LogP contribution in [0.2, 0.25) is 0 Å². The number of urea groups is 1. The molecule has 0 atom stereocenters. The van der Waals surface area contributed by atoms with Crippen molar-refractivity contribution < 1.29 is 19.4 Å². The van der Waals surface area contributed by atoms with E-state index in [2.05, 4.69) is 17.6 Å². The molecule has 0 aromatic heterocycles. The first-order chi connectivity index (χ1) is 10.1. The molecule has 1 saturated carbocycles. The van der Waals surface area contributed by atoms with E-state index in [0.29, 0.717) is 32.6 Å². The lowest BCUT2D eigenvalue weighted by Crippen LogP contribution is -2.57. The molecule has 3 N–H and O–H groups in total. The largest absolute Gasteiger partial charge is 0.480 e. The van der Waals surface area contributed by atoms with Gasteiger partial charge in [0, 0.05) is 13.2 Å². The van der Waals surface area contributed by atoms with E-state index in [0.717, 1.165) is 38.5 Å². The van der Waals surface area contributed by atoms with E-state index in [4.69, 9.17) is 4.74 Å². The molecule has 122 valence electrons. The highest BCUT2D eigenvalue weighted by Crippen LogP contribution is 2.27. The molecular formula is C15H28N2O4. The molecular weight excluding hydrogens is 272 g/mol. The van der Waals surface area contributed by atoms with Crippen LogP contribution in [0.4, 0.5) is 4.79 Å². The zero-order valence-corrected chi connectivity index (χ0v) is 13.0. The predicted octanol–water partition coefficient (Wildman–Crippen LogP) is 2.28. The number of amides is 2. The van der Waals surface area contributed by atoms with E-state index in [1.54, 1.807) is 0 Å². The number of carbonyl (C=O) groups excluding carboxylic acids is 1. The zero-order valence-electron chi connectivity index (χ0n) is 13.0. The Bertz CT molecular complexity index is 326. The topological polar surface area (TPSA) is 87.7 Å².